The number of fused-ring (bicyclic) bond motifs is 2. The molecule has 0 N–H and O–H groups in total. The first-order valence-corrected chi connectivity index (χ1v) is 12.6. The zero-order valence-corrected chi connectivity index (χ0v) is 20.1. The second kappa shape index (κ2) is 8.98. The monoisotopic (exact) mass is 493 g/mol. The summed E-state index contributed by atoms with van der Waals surface area (Å²) in [5.41, 5.74) is 3.28. The molecule has 2 aromatic carbocycles. The van der Waals surface area contributed by atoms with Gasteiger partial charge in [0.15, 0.2) is 11.5 Å². The van der Waals surface area contributed by atoms with E-state index in [1.54, 1.807) is 11.3 Å². The summed E-state index contributed by atoms with van der Waals surface area (Å²) in [6, 6.07) is 18.2. The SMILES string of the molecule is O=C(Cn1c(-c2cccs2)cc2cc(Cl)ccc21)N1CCN(Cc2ccc3c(c2)OCO3)CC1. The summed E-state index contributed by atoms with van der Waals surface area (Å²) in [5.74, 6) is 1.77. The average Bonchev–Trinajstić information content (AvgIpc) is 3.59. The molecular weight excluding hydrogens is 470 g/mol. The molecule has 174 valence electrons. The third-order valence-corrected chi connectivity index (χ3v) is 7.63. The van der Waals surface area contributed by atoms with Crippen LogP contribution in [0, 0.1) is 0 Å². The molecule has 2 aliphatic rings. The quantitative estimate of drug-likeness (QED) is 0.388. The van der Waals surface area contributed by atoms with Gasteiger partial charge in [-0.25, -0.2) is 0 Å². The average molecular weight is 494 g/mol. The molecule has 0 aliphatic carbocycles. The Morgan fingerprint density at radius 1 is 0.971 bits per heavy atom. The van der Waals surface area contributed by atoms with E-state index in [1.165, 1.54) is 5.56 Å². The predicted molar refractivity (Wildman–Crippen MR) is 135 cm³/mol. The number of thiophene rings is 1. The van der Waals surface area contributed by atoms with Gasteiger partial charge in [0.25, 0.3) is 0 Å². The largest absolute Gasteiger partial charge is 0.454 e. The van der Waals surface area contributed by atoms with Crippen LogP contribution in [0.1, 0.15) is 5.56 Å². The van der Waals surface area contributed by atoms with Crippen LogP contribution in [0.25, 0.3) is 21.5 Å². The smallest absolute Gasteiger partial charge is 0.242 e. The molecule has 0 atom stereocenters. The number of amides is 1. The summed E-state index contributed by atoms with van der Waals surface area (Å²) in [6.45, 7) is 4.59. The number of benzene rings is 2. The minimum absolute atomic E-state index is 0.146. The summed E-state index contributed by atoms with van der Waals surface area (Å²) < 4.78 is 13.0. The van der Waals surface area contributed by atoms with Crippen LogP contribution in [-0.4, -0.2) is 53.2 Å². The molecule has 1 fully saturated rings. The van der Waals surface area contributed by atoms with Crippen molar-refractivity contribution in [3.8, 4) is 22.1 Å². The maximum atomic E-state index is 13.3. The lowest BCUT2D eigenvalue weighted by Crippen LogP contribution is -2.49. The molecule has 2 aromatic heterocycles. The van der Waals surface area contributed by atoms with Gasteiger partial charge in [-0.1, -0.05) is 23.7 Å². The minimum atomic E-state index is 0.146. The zero-order chi connectivity index (χ0) is 23.1. The lowest BCUT2D eigenvalue weighted by atomic mass is 10.1. The fraction of sp³-hybridized carbons (Fsp3) is 0.269. The van der Waals surface area contributed by atoms with E-state index in [9.17, 15) is 4.79 Å². The molecule has 0 bridgehead atoms. The highest BCUT2D eigenvalue weighted by Gasteiger charge is 2.24. The molecule has 0 radical (unpaired) electrons. The van der Waals surface area contributed by atoms with Crippen LogP contribution in [-0.2, 0) is 17.9 Å². The Bertz CT molecular complexity index is 1340. The fourth-order valence-electron chi connectivity index (χ4n) is 4.73. The first-order chi connectivity index (χ1) is 16.6. The second-order valence-corrected chi connectivity index (χ2v) is 10.0. The lowest BCUT2D eigenvalue weighted by molar-refractivity contribution is -0.133. The van der Waals surface area contributed by atoms with Crippen molar-refractivity contribution in [2.24, 2.45) is 0 Å². The van der Waals surface area contributed by atoms with Crippen LogP contribution < -0.4 is 9.47 Å². The third kappa shape index (κ3) is 4.15. The van der Waals surface area contributed by atoms with Crippen LogP contribution >= 0.6 is 22.9 Å². The maximum Gasteiger partial charge on any atom is 0.242 e. The number of carbonyl (C=O) groups is 1. The van der Waals surface area contributed by atoms with Crippen LogP contribution in [0.3, 0.4) is 0 Å². The Balaban J connectivity index is 1.14. The molecule has 0 unspecified atom stereocenters. The molecule has 34 heavy (non-hydrogen) atoms. The second-order valence-electron chi connectivity index (χ2n) is 8.64. The Morgan fingerprint density at radius 3 is 2.65 bits per heavy atom. The highest BCUT2D eigenvalue weighted by atomic mass is 35.5. The molecule has 1 amide bonds. The number of halogens is 1. The summed E-state index contributed by atoms with van der Waals surface area (Å²) in [6.07, 6.45) is 0. The van der Waals surface area contributed by atoms with E-state index in [2.05, 4.69) is 39.1 Å². The molecule has 4 aromatic rings. The molecule has 6 nitrogen and oxygen atoms in total. The van der Waals surface area contributed by atoms with Gasteiger partial charge in [-0.2, -0.15) is 0 Å². The van der Waals surface area contributed by atoms with Crippen molar-refractivity contribution in [3.05, 3.63) is 70.6 Å². The van der Waals surface area contributed by atoms with Crippen LogP contribution in [0.4, 0.5) is 0 Å². The fourth-order valence-corrected chi connectivity index (χ4v) is 5.66. The topological polar surface area (TPSA) is 46.9 Å². The van der Waals surface area contributed by atoms with Gasteiger partial charge in [0, 0.05) is 48.6 Å². The van der Waals surface area contributed by atoms with E-state index in [1.807, 2.05) is 35.2 Å². The van der Waals surface area contributed by atoms with Gasteiger partial charge < -0.3 is 18.9 Å². The van der Waals surface area contributed by atoms with Gasteiger partial charge in [-0.05, 0) is 53.4 Å². The number of rotatable bonds is 5. The van der Waals surface area contributed by atoms with Gasteiger partial charge in [-0.3, -0.25) is 9.69 Å². The van der Waals surface area contributed by atoms with Crippen molar-refractivity contribution in [2.45, 2.75) is 13.1 Å². The van der Waals surface area contributed by atoms with Gasteiger partial charge in [0.05, 0.1) is 10.6 Å². The Hall–Kier alpha value is -3.00. The normalized spacial score (nSPS) is 15.9. The van der Waals surface area contributed by atoms with E-state index in [0.717, 1.165) is 65.7 Å². The zero-order valence-electron chi connectivity index (χ0n) is 18.6. The van der Waals surface area contributed by atoms with Crippen molar-refractivity contribution >= 4 is 39.7 Å². The van der Waals surface area contributed by atoms with Crippen molar-refractivity contribution in [1.29, 1.82) is 0 Å². The number of hydrogen-bond acceptors (Lipinski definition) is 5. The number of carbonyl (C=O) groups excluding carboxylic acids is 1. The van der Waals surface area contributed by atoms with Crippen molar-refractivity contribution in [2.75, 3.05) is 33.0 Å². The summed E-state index contributed by atoms with van der Waals surface area (Å²) in [5, 5.41) is 3.82. The molecular formula is C26H24ClN3O3S. The molecule has 6 rings (SSSR count). The first kappa shape index (κ1) is 21.5. The van der Waals surface area contributed by atoms with Gasteiger partial charge >= 0.3 is 0 Å². The lowest BCUT2D eigenvalue weighted by Gasteiger charge is -2.35. The van der Waals surface area contributed by atoms with Gasteiger partial charge in [0.2, 0.25) is 12.7 Å². The van der Waals surface area contributed by atoms with Crippen molar-refractivity contribution in [1.82, 2.24) is 14.4 Å². The van der Waals surface area contributed by atoms with Gasteiger partial charge in [-0.15, -0.1) is 11.3 Å². The minimum Gasteiger partial charge on any atom is -0.454 e. The van der Waals surface area contributed by atoms with Crippen LogP contribution in [0.5, 0.6) is 11.5 Å². The van der Waals surface area contributed by atoms with E-state index < -0.39 is 0 Å². The summed E-state index contributed by atoms with van der Waals surface area (Å²) in [7, 11) is 0. The Kier molecular flexibility index (Phi) is 5.69. The predicted octanol–water partition coefficient (Wildman–Crippen LogP) is 5.10. The highest BCUT2D eigenvalue weighted by Crippen LogP contribution is 2.34. The molecule has 0 saturated carbocycles. The number of hydrogen-bond donors (Lipinski definition) is 0. The van der Waals surface area contributed by atoms with Crippen LogP contribution in [0.2, 0.25) is 5.02 Å². The van der Waals surface area contributed by atoms with Gasteiger partial charge in [0.1, 0.15) is 6.54 Å². The molecule has 4 heterocycles. The Labute approximate surface area is 206 Å². The number of aromatic nitrogens is 1. The van der Waals surface area contributed by atoms with Crippen LogP contribution in [0.15, 0.2) is 60.0 Å². The summed E-state index contributed by atoms with van der Waals surface area (Å²) >= 11 is 7.91. The van der Waals surface area contributed by atoms with E-state index in [4.69, 9.17) is 21.1 Å². The molecule has 8 heteroatoms. The molecule has 0 spiro atoms. The molecule has 1 saturated heterocycles. The number of nitrogens with zero attached hydrogens (tertiary/aromatic N) is 3. The van der Waals surface area contributed by atoms with Crippen molar-refractivity contribution < 1.29 is 14.3 Å². The Morgan fingerprint density at radius 2 is 1.82 bits per heavy atom. The third-order valence-electron chi connectivity index (χ3n) is 6.50. The molecule has 2 aliphatic heterocycles. The van der Waals surface area contributed by atoms with Crippen molar-refractivity contribution in [3.63, 3.8) is 0 Å². The van der Waals surface area contributed by atoms with E-state index >= 15 is 0 Å². The summed E-state index contributed by atoms with van der Waals surface area (Å²) in [4.78, 5) is 18.8. The maximum absolute atomic E-state index is 13.3. The number of piperazine rings is 1. The van der Waals surface area contributed by atoms with E-state index in [0.29, 0.717) is 11.6 Å². The first-order valence-electron chi connectivity index (χ1n) is 11.4. The highest BCUT2D eigenvalue weighted by molar-refractivity contribution is 7.13. The van der Waals surface area contributed by atoms with E-state index in [-0.39, 0.29) is 12.7 Å². The number of ether oxygens (including phenoxy) is 2. The standard InChI is InChI=1S/C26H24ClN3O3S/c27-20-4-5-21-19(13-20)14-22(25-2-1-11-34-25)30(21)16-26(31)29-9-7-28(8-10-29)15-18-3-6-23-24(12-18)33-17-32-23/h1-6,11-14H,7-10,15-17H2.